The number of pyridine rings is 1. The Hall–Kier alpha value is -0.910. The smallest absolute Gasteiger partial charge is 0.280 e. The molecule has 3 nitrogen and oxygen atoms in total. The molecule has 0 radical (unpaired) electrons. The zero-order chi connectivity index (χ0) is 10.0. The molecule has 6 heteroatoms. The van der Waals surface area contributed by atoms with Crippen LogP contribution < -0.4 is 5.73 Å². The molecular formula is C7H7BrF2N2O. The van der Waals surface area contributed by atoms with Crippen molar-refractivity contribution < 1.29 is 13.9 Å². The van der Waals surface area contributed by atoms with Gasteiger partial charge in [0.2, 0.25) is 0 Å². The predicted octanol–water partition coefficient (Wildman–Crippen LogP) is 2.20. The maximum Gasteiger partial charge on any atom is 0.280 e. The van der Waals surface area contributed by atoms with E-state index in [0.29, 0.717) is 0 Å². The molecule has 0 aromatic carbocycles. The molecule has 1 rings (SSSR count). The molecule has 72 valence electrons. The number of hydrogen-bond donors (Lipinski definition) is 2. The molecule has 0 aliphatic rings. The third-order valence-corrected chi connectivity index (χ3v) is 2.00. The van der Waals surface area contributed by atoms with Gasteiger partial charge in [-0.15, -0.1) is 0 Å². The van der Waals surface area contributed by atoms with Crippen LogP contribution in [0.1, 0.15) is 17.8 Å². The third-order valence-electron chi connectivity index (χ3n) is 1.46. The number of rotatable bonds is 2. The number of nitrogens with two attached hydrogens (primary N) is 1. The highest BCUT2D eigenvalue weighted by Crippen LogP contribution is 2.29. The average Bonchev–Trinajstić information content (AvgIpc) is 2.09. The molecule has 13 heavy (non-hydrogen) atoms. The van der Waals surface area contributed by atoms with Crippen LogP contribution in [-0.2, 0) is 5.33 Å². The molecule has 0 spiro atoms. The lowest BCUT2D eigenvalue weighted by atomic mass is 10.2. The number of halogens is 3. The summed E-state index contributed by atoms with van der Waals surface area (Å²) < 4.78 is 24.4. The summed E-state index contributed by atoms with van der Waals surface area (Å²) in [5.41, 5.74) is 4.90. The van der Waals surface area contributed by atoms with Crippen LogP contribution in [0.5, 0.6) is 5.75 Å². The Kier molecular flexibility index (Phi) is 3.02. The summed E-state index contributed by atoms with van der Waals surface area (Å²) in [4.78, 5) is 3.52. The Bertz CT molecular complexity index is 320. The van der Waals surface area contributed by atoms with Crippen LogP contribution >= 0.6 is 15.9 Å². The van der Waals surface area contributed by atoms with E-state index in [-0.39, 0.29) is 22.5 Å². The van der Waals surface area contributed by atoms with Crippen molar-refractivity contribution in [1.82, 2.24) is 4.98 Å². The lowest BCUT2D eigenvalue weighted by Crippen LogP contribution is -1.99. The molecule has 0 fully saturated rings. The summed E-state index contributed by atoms with van der Waals surface area (Å²) in [6.45, 7) is 0. The summed E-state index contributed by atoms with van der Waals surface area (Å²) in [5.74, 6) is -0.249. The minimum atomic E-state index is -2.68. The fourth-order valence-corrected chi connectivity index (χ4v) is 1.23. The van der Waals surface area contributed by atoms with Gasteiger partial charge in [-0.25, -0.2) is 13.8 Å². The van der Waals surface area contributed by atoms with Crippen LogP contribution in [0.15, 0.2) is 6.07 Å². The number of aromatic hydroxyl groups is 1. The van der Waals surface area contributed by atoms with Crippen molar-refractivity contribution in [2.75, 3.05) is 5.73 Å². The molecule has 0 bridgehead atoms. The van der Waals surface area contributed by atoms with Crippen molar-refractivity contribution in [3.8, 4) is 5.75 Å². The molecule has 0 amide bonds. The van der Waals surface area contributed by atoms with Gasteiger partial charge in [0.15, 0.2) is 5.75 Å². The van der Waals surface area contributed by atoms with Gasteiger partial charge in [-0.1, -0.05) is 15.9 Å². The van der Waals surface area contributed by atoms with E-state index in [2.05, 4.69) is 20.9 Å². The van der Waals surface area contributed by atoms with Crippen molar-refractivity contribution in [3.63, 3.8) is 0 Å². The summed E-state index contributed by atoms with van der Waals surface area (Å²) in [7, 11) is 0. The lowest BCUT2D eigenvalue weighted by molar-refractivity contribution is 0.146. The van der Waals surface area contributed by atoms with E-state index in [1.807, 2.05) is 0 Å². The third kappa shape index (κ3) is 2.06. The van der Waals surface area contributed by atoms with Crippen LogP contribution in [0.2, 0.25) is 0 Å². The Balaban J connectivity index is 3.22. The second-order valence-corrected chi connectivity index (χ2v) is 2.93. The fourth-order valence-electron chi connectivity index (χ4n) is 0.840. The van der Waals surface area contributed by atoms with Crippen LogP contribution in [0.3, 0.4) is 0 Å². The number of anilines is 1. The number of nitrogen functional groups attached to an aromatic ring is 1. The van der Waals surface area contributed by atoms with E-state index in [0.717, 1.165) is 6.07 Å². The molecule has 0 aliphatic heterocycles. The minimum absolute atomic E-state index is 0.0836. The molecule has 1 heterocycles. The summed E-state index contributed by atoms with van der Waals surface area (Å²) in [5, 5.41) is 9.43. The topological polar surface area (TPSA) is 59.1 Å². The number of aromatic nitrogens is 1. The first-order chi connectivity index (χ1) is 6.06. The minimum Gasteiger partial charge on any atom is -0.504 e. The first-order valence-electron chi connectivity index (χ1n) is 3.38. The van der Waals surface area contributed by atoms with Crippen LogP contribution in [-0.4, -0.2) is 10.1 Å². The molecule has 3 N–H and O–H groups in total. The van der Waals surface area contributed by atoms with Crippen molar-refractivity contribution in [1.29, 1.82) is 0 Å². The Morgan fingerprint density at radius 2 is 2.23 bits per heavy atom. The largest absolute Gasteiger partial charge is 0.504 e. The first-order valence-corrected chi connectivity index (χ1v) is 4.50. The Morgan fingerprint density at radius 1 is 1.62 bits per heavy atom. The summed E-state index contributed by atoms with van der Waals surface area (Å²) >= 11 is 3.00. The van der Waals surface area contributed by atoms with Gasteiger partial charge in [0, 0.05) is 5.33 Å². The molecule has 0 saturated heterocycles. The second kappa shape index (κ2) is 3.87. The predicted molar refractivity (Wildman–Crippen MR) is 47.9 cm³/mol. The Morgan fingerprint density at radius 3 is 2.69 bits per heavy atom. The highest BCUT2D eigenvalue weighted by molar-refractivity contribution is 9.08. The molecule has 0 saturated carbocycles. The number of nitrogens with zero attached hydrogens (tertiary/aromatic N) is 1. The van der Waals surface area contributed by atoms with Crippen LogP contribution in [0, 0.1) is 0 Å². The monoisotopic (exact) mass is 252 g/mol. The van der Waals surface area contributed by atoms with Gasteiger partial charge in [0.05, 0.1) is 11.4 Å². The van der Waals surface area contributed by atoms with Crippen molar-refractivity contribution >= 4 is 21.6 Å². The quantitative estimate of drug-likeness (QED) is 0.794. The SMILES string of the molecule is Nc1cc(C(F)F)nc(CBr)c1O. The first kappa shape index (κ1) is 10.2. The highest BCUT2D eigenvalue weighted by Gasteiger charge is 2.14. The van der Waals surface area contributed by atoms with E-state index in [1.165, 1.54) is 0 Å². The van der Waals surface area contributed by atoms with Gasteiger partial charge < -0.3 is 10.8 Å². The second-order valence-electron chi connectivity index (χ2n) is 2.37. The van der Waals surface area contributed by atoms with E-state index in [1.54, 1.807) is 0 Å². The maximum atomic E-state index is 12.2. The maximum absolute atomic E-state index is 12.2. The standard InChI is InChI=1S/C7H7BrF2N2O/c8-2-5-6(13)3(11)1-4(12-5)7(9)10/h1,7,13H,2H2,(H2,11,12). The van der Waals surface area contributed by atoms with Gasteiger partial charge in [0.1, 0.15) is 5.69 Å². The van der Waals surface area contributed by atoms with Crippen molar-refractivity contribution in [2.45, 2.75) is 11.8 Å². The van der Waals surface area contributed by atoms with E-state index < -0.39 is 12.1 Å². The zero-order valence-corrected chi connectivity index (χ0v) is 8.05. The fraction of sp³-hybridized carbons (Fsp3) is 0.286. The molecule has 0 unspecified atom stereocenters. The van der Waals surface area contributed by atoms with Gasteiger partial charge in [-0.2, -0.15) is 0 Å². The number of alkyl halides is 3. The van der Waals surface area contributed by atoms with Crippen LogP contribution in [0.25, 0.3) is 0 Å². The molecular weight excluding hydrogens is 246 g/mol. The molecule has 0 atom stereocenters. The van der Waals surface area contributed by atoms with E-state index in [4.69, 9.17) is 5.73 Å². The Labute approximate surface area is 81.7 Å². The van der Waals surface area contributed by atoms with Gasteiger partial charge in [-0.05, 0) is 6.07 Å². The van der Waals surface area contributed by atoms with Crippen molar-refractivity contribution in [3.05, 3.63) is 17.5 Å². The molecule has 1 aromatic heterocycles. The highest BCUT2D eigenvalue weighted by atomic mass is 79.9. The van der Waals surface area contributed by atoms with Gasteiger partial charge in [-0.3, -0.25) is 0 Å². The summed E-state index contributed by atoms with van der Waals surface area (Å²) in [6.07, 6.45) is -2.68. The zero-order valence-electron chi connectivity index (χ0n) is 6.47. The average molecular weight is 253 g/mol. The molecule has 0 aliphatic carbocycles. The normalized spacial score (nSPS) is 10.8. The van der Waals surface area contributed by atoms with Crippen molar-refractivity contribution in [2.24, 2.45) is 0 Å². The summed E-state index contributed by atoms with van der Waals surface area (Å²) in [6, 6.07) is 0.964. The van der Waals surface area contributed by atoms with E-state index >= 15 is 0 Å². The molecule has 1 aromatic rings. The number of hydrogen-bond acceptors (Lipinski definition) is 3. The van der Waals surface area contributed by atoms with Gasteiger partial charge in [0.25, 0.3) is 6.43 Å². The van der Waals surface area contributed by atoms with Crippen LogP contribution in [0.4, 0.5) is 14.5 Å². The van der Waals surface area contributed by atoms with Gasteiger partial charge >= 0.3 is 0 Å². The lowest BCUT2D eigenvalue weighted by Gasteiger charge is -2.06. The van der Waals surface area contributed by atoms with E-state index in [9.17, 15) is 13.9 Å².